The Bertz CT molecular complexity index is 738. The van der Waals surface area contributed by atoms with Crippen molar-refractivity contribution in [3.05, 3.63) is 52.0 Å². The summed E-state index contributed by atoms with van der Waals surface area (Å²) in [5, 5.41) is 11.3. The van der Waals surface area contributed by atoms with E-state index in [1.807, 2.05) is 25.1 Å². The zero-order valence-electron chi connectivity index (χ0n) is 11.6. The molecule has 1 atom stereocenters. The summed E-state index contributed by atoms with van der Waals surface area (Å²) in [4.78, 5) is 8.49. The minimum absolute atomic E-state index is 0.0793. The van der Waals surface area contributed by atoms with Gasteiger partial charge in [-0.3, -0.25) is 0 Å². The molecule has 1 unspecified atom stereocenters. The maximum Gasteiger partial charge on any atom is 0.138 e. The molecule has 0 spiro atoms. The van der Waals surface area contributed by atoms with E-state index in [1.165, 1.54) is 6.33 Å². The second-order valence-electron chi connectivity index (χ2n) is 4.63. The van der Waals surface area contributed by atoms with E-state index in [4.69, 9.17) is 11.6 Å². The lowest BCUT2D eigenvalue weighted by Crippen LogP contribution is -2.10. The monoisotopic (exact) mass is 319 g/mol. The first kappa shape index (κ1) is 14.0. The molecular formula is C14H14ClN5S. The Kier molecular flexibility index (Phi) is 3.90. The van der Waals surface area contributed by atoms with Crippen molar-refractivity contribution in [2.45, 2.75) is 19.9 Å². The van der Waals surface area contributed by atoms with Crippen molar-refractivity contribution < 1.29 is 0 Å². The van der Waals surface area contributed by atoms with Crippen molar-refractivity contribution in [1.82, 2.24) is 19.7 Å². The zero-order valence-corrected chi connectivity index (χ0v) is 13.2. The minimum Gasteiger partial charge on any atom is -0.375 e. The van der Waals surface area contributed by atoms with Crippen LogP contribution < -0.4 is 5.32 Å². The first-order valence-electron chi connectivity index (χ1n) is 6.47. The molecule has 108 valence electrons. The SMILES string of the molecule is Cc1nc(C(C)Nc2cccc(Cl)c2-n2cncn2)cs1. The van der Waals surface area contributed by atoms with Crippen LogP contribution in [0.25, 0.3) is 5.69 Å². The van der Waals surface area contributed by atoms with Gasteiger partial charge >= 0.3 is 0 Å². The van der Waals surface area contributed by atoms with Crippen LogP contribution in [0.15, 0.2) is 36.2 Å². The van der Waals surface area contributed by atoms with Crippen molar-refractivity contribution in [1.29, 1.82) is 0 Å². The van der Waals surface area contributed by atoms with E-state index in [1.54, 1.807) is 22.3 Å². The summed E-state index contributed by atoms with van der Waals surface area (Å²) in [6.45, 7) is 4.07. The molecule has 2 aromatic heterocycles. The van der Waals surface area contributed by atoms with Gasteiger partial charge in [0.2, 0.25) is 0 Å². The number of halogens is 1. The highest BCUT2D eigenvalue weighted by Crippen LogP contribution is 2.30. The molecule has 0 bridgehead atoms. The van der Waals surface area contributed by atoms with Crippen molar-refractivity contribution in [3.8, 4) is 5.69 Å². The molecule has 0 saturated carbocycles. The third-order valence-corrected chi connectivity index (χ3v) is 4.18. The Balaban J connectivity index is 1.94. The molecule has 1 aromatic carbocycles. The van der Waals surface area contributed by atoms with Gasteiger partial charge in [-0.2, -0.15) is 5.10 Å². The molecule has 0 saturated heterocycles. The minimum atomic E-state index is 0.0793. The molecule has 3 rings (SSSR count). The van der Waals surface area contributed by atoms with Crippen LogP contribution in [0.2, 0.25) is 5.02 Å². The molecular weight excluding hydrogens is 306 g/mol. The van der Waals surface area contributed by atoms with Gasteiger partial charge in [-0.1, -0.05) is 17.7 Å². The summed E-state index contributed by atoms with van der Waals surface area (Å²) >= 11 is 7.96. The number of hydrogen-bond acceptors (Lipinski definition) is 5. The maximum absolute atomic E-state index is 6.31. The smallest absolute Gasteiger partial charge is 0.138 e. The highest BCUT2D eigenvalue weighted by molar-refractivity contribution is 7.09. The van der Waals surface area contributed by atoms with E-state index in [2.05, 4.69) is 32.7 Å². The number of nitrogens with zero attached hydrogens (tertiary/aromatic N) is 4. The van der Waals surface area contributed by atoms with Crippen LogP contribution in [0, 0.1) is 6.92 Å². The fourth-order valence-corrected chi connectivity index (χ4v) is 3.04. The highest BCUT2D eigenvalue weighted by atomic mass is 35.5. The van der Waals surface area contributed by atoms with Crippen LogP contribution >= 0.6 is 22.9 Å². The van der Waals surface area contributed by atoms with E-state index in [0.717, 1.165) is 22.1 Å². The van der Waals surface area contributed by atoms with E-state index in [9.17, 15) is 0 Å². The van der Waals surface area contributed by atoms with E-state index < -0.39 is 0 Å². The predicted molar refractivity (Wildman–Crippen MR) is 85.3 cm³/mol. The van der Waals surface area contributed by atoms with Crippen LogP contribution in [0.3, 0.4) is 0 Å². The molecule has 7 heteroatoms. The van der Waals surface area contributed by atoms with Gasteiger partial charge < -0.3 is 5.32 Å². The average molecular weight is 320 g/mol. The van der Waals surface area contributed by atoms with Crippen LogP contribution in [0.1, 0.15) is 23.7 Å². The number of benzene rings is 1. The Morgan fingerprint density at radius 1 is 1.38 bits per heavy atom. The number of thiazole rings is 1. The third kappa shape index (κ3) is 2.91. The second kappa shape index (κ2) is 5.83. The van der Waals surface area contributed by atoms with E-state index in [0.29, 0.717) is 5.02 Å². The van der Waals surface area contributed by atoms with Crippen molar-refractivity contribution in [3.63, 3.8) is 0 Å². The van der Waals surface area contributed by atoms with Crippen LogP contribution in [0.4, 0.5) is 5.69 Å². The normalized spacial score (nSPS) is 12.3. The van der Waals surface area contributed by atoms with Gasteiger partial charge in [0.25, 0.3) is 0 Å². The Morgan fingerprint density at radius 2 is 2.24 bits per heavy atom. The molecule has 2 heterocycles. The zero-order chi connectivity index (χ0) is 14.8. The maximum atomic E-state index is 6.31. The molecule has 21 heavy (non-hydrogen) atoms. The largest absolute Gasteiger partial charge is 0.375 e. The summed E-state index contributed by atoms with van der Waals surface area (Å²) in [5.74, 6) is 0. The first-order valence-corrected chi connectivity index (χ1v) is 7.73. The van der Waals surface area contributed by atoms with E-state index in [-0.39, 0.29) is 6.04 Å². The number of para-hydroxylation sites is 1. The lowest BCUT2D eigenvalue weighted by atomic mass is 10.2. The fourth-order valence-electron chi connectivity index (χ4n) is 2.07. The summed E-state index contributed by atoms with van der Waals surface area (Å²) in [6.07, 6.45) is 3.12. The number of rotatable bonds is 4. The number of anilines is 1. The topological polar surface area (TPSA) is 55.6 Å². The highest BCUT2D eigenvalue weighted by Gasteiger charge is 2.14. The Labute approximate surface area is 131 Å². The third-order valence-electron chi connectivity index (χ3n) is 3.09. The second-order valence-corrected chi connectivity index (χ2v) is 6.10. The quantitative estimate of drug-likeness (QED) is 0.793. The van der Waals surface area contributed by atoms with Gasteiger partial charge in [-0.15, -0.1) is 11.3 Å². The molecule has 0 radical (unpaired) electrons. The van der Waals surface area contributed by atoms with Crippen molar-refractivity contribution in [2.75, 3.05) is 5.32 Å². The Morgan fingerprint density at radius 3 is 2.90 bits per heavy atom. The number of nitrogens with one attached hydrogen (secondary N) is 1. The number of aromatic nitrogens is 4. The number of hydrogen-bond donors (Lipinski definition) is 1. The molecule has 0 aliphatic rings. The lowest BCUT2D eigenvalue weighted by molar-refractivity contribution is 0.830. The molecule has 3 aromatic rings. The van der Waals surface area contributed by atoms with Gasteiger partial charge in [0.05, 0.1) is 27.5 Å². The summed E-state index contributed by atoms with van der Waals surface area (Å²) in [5.41, 5.74) is 2.70. The summed E-state index contributed by atoms with van der Waals surface area (Å²) in [7, 11) is 0. The molecule has 0 aliphatic heterocycles. The standard InChI is InChI=1S/C14H14ClN5S/c1-9(13-6-21-10(2)19-13)18-12-5-3-4-11(15)14(12)20-8-16-7-17-20/h3-9,18H,1-2H3. The van der Waals surface area contributed by atoms with Crippen LogP contribution in [-0.2, 0) is 0 Å². The van der Waals surface area contributed by atoms with Crippen molar-refractivity contribution in [2.24, 2.45) is 0 Å². The van der Waals surface area contributed by atoms with Crippen molar-refractivity contribution >= 4 is 28.6 Å². The van der Waals surface area contributed by atoms with Crippen LogP contribution in [-0.4, -0.2) is 19.7 Å². The number of aryl methyl sites for hydroxylation is 1. The van der Waals surface area contributed by atoms with Gasteiger partial charge in [0.1, 0.15) is 18.3 Å². The molecule has 0 aliphatic carbocycles. The fraction of sp³-hybridized carbons (Fsp3) is 0.214. The molecule has 0 fully saturated rings. The predicted octanol–water partition coefficient (Wildman–Crippen LogP) is 3.86. The van der Waals surface area contributed by atoms with E-state index >= 15 is 0 Å². The van der Waals surface area contributed by atoms with Gasteiger partial charge in [0, 0.05) is 5.38 Å². The van der Waals surface area contributed by atoms with Gasteiger partial charge in [-0.25, -0.2) is 14.6 Å². The van der Waals surface area contributed by atoms with Gasteiger partial charge in [-0.05, 0) is 26.0 Å². The molecule has 5 nitrogen and oxygen atoms in total. The summed E-state index contributed by atoms with van der Waals surface area (Å²) in [6, 6.07) is 5.79. The van der Waals surface area contributed by atoms with Crippen LogP contribution in [0.5, 0.6) is 0 Å². The first-order chi connectivity index (χ1) is 10.1. The molecule has 0 amide bonds. The van der Waals surface area contributed by atoms with Gasteiger partial charge in [0.15, 0.2) is 0 Å². The lowest BCUT2D eigenvalue weighted by Gasteiger charge is -2.17. The Hall–Kier alpha value is -1.92. The summed E-state index contributed by atoms with van der Waals surface area (Å²) < 4.78 is 1.66. The average Bonchev–Trinajstić information content (AvgIpc) is 3.10. The molecule has 1 N–H and O–H groups in total.